The molecule has 4 atom stereocenters. The summed E-state index contributed by atoms with van der Waals surface area (Å²) in [7, 11) is 0. The Hall–Kier alpha value is -2.32. The number of fused-ring (bicyclic) bond motifs is 1. The van der Waals surface area contributed by atoms with E-state index < -0.39 is 0 Å². The highest BCUT2D eigenvalue weighted by Crippen LogP contribution is 2.47. The minimum absolute atomic E-state index is 0.376. The van der Waals surface area contributed by atoms with Crippen LogP contribution in [-0.2, 0) is 0 Å². The number of hydrogen-bond acceptors (Lipinski definition) is 2. The summed E-state index contributed by atoms with van der Waals surface area (Å²) in [5.41, 5.74) is 7.15. The van der Waals surface area contributed by atoms with Crippen LogP contribution in [0.15, 0.2) is 78.1 Å². The van der Waals surface area contributed by atoms with Gasteiger partial charge < -0.3 is 0 Å². The maximum absolute atomic E-state index is 2.47. The lowest BCUT2D eigenvalue weighted by Gasteiger charge is -2.19. The minimum atomic E-state index is 0.376. The van der Waals surface area contributed by atoms with E-state index in [1.165, 1.54) is 28.0 Å². The highest BCUT2D eigenvalue weighted by molar-refractivity contribution is 5.69. The molecule has 0 N–H and O–H groups in total. The third-order valence-corrected chi connectivity index (χ3v) is 6.02. The zero-order valence-electron chi connectivity index (χ0n) is 15.6. The van der Waals surface area contributed by atoms with Gasteiger partial charge in [-0.05, 0) is 59.1 Å². The maximum atomic E-state index is 2.47. The summed E-state index contributed by atoms with van der Waals surface area (Å²) in [6.45, 7) is 5.68. The van der Waals surface area contributed by atoms with Gasteiger partial charge in [-0.1, -0.05) is 68.5 Å². The van der Waals surface area contributed by atoms with E-state index in [1.807, 2.05) is 0 Å². The van der Waals surface area contributed by atoms with E-state index in [0.717, 1.165) is 19.5 Å². The largest absolute Gasteiger partial charge is 0.287 e. The zero-order valence-corrected chi connectivity index (χ0v) is 15.6. The predicted octanol–water partition coefficient (Wildman–Crippen LogP) is 5.62. The third-order valence-electron chi connectivity index (χ3n) is 6.02. The van der Waals surface area contributed by atoms with Gasteiger partial charge in [-0.2, -0.15) is 5.01 Å². The molecular weight excluding hydrogens is 316 g/mol. The lowest BCUT2D eigenvalue weighted by molar-refractivity contribution is 0.352. The van der Waals surface area contributed by atoms with Crippen LogP contribution < -0.4 is 0 Å². The van der Waals surface area contributed by atoms with Crippen molar-refractivity contribution >= 4 is 5.57 Å². The fraction of sp³-hybridized carbons (Fsp3) is 0.333. The Labute approximate surface area is 156 Å². The van der Waals surface area contributed by atoms with Gasteiger partial charge in [0, 0.05) is 0 Å². The monoisotopic (exact) mass is 342 g/mol. The van der Waals surface area contributed by atoms with Crippen LogP contribution in [-0.4, -0.2) is 16.7 Å². The topological polar surface area (TPSA) is 6.02 Å². The average molecular weight is 342 g/mol. The van der Waals surface area contributed by atoms with Gasteiger partial charge in [0.05, 0.1) is 11.7 Å². The second-order valence-corrected chi connectivity index (χ2v) is 8.05. The van der Waals surface area contributed by atoms with Gasteiger partial charge in [0.15, 0.2) is 0 Å². The fourth-order valence-corrected chi connectivity index (χ4v) is 4.46. The van der Waals surface area contributed by atoms with Crippen LogP contribution in [0.5, 0.6) is 0 Å². The number of hydrogen-bond donors (Lipinski definition) is 0. The van der Waals surface area contributed by atoms with Crippen LogP contribution in [0.4, 0.5) is 0 Å². The first kappa shape index (κ1) is 15.9. The smallest absolute Gasteiger partial charge is 0.106 e. The van der Waals surface area contributed by atoms with Crippen LogP contribution in [0.1, 0.15) is 43.9 Å². The Morgan fingerprint density at radius 3 is 2.85 bits per heavy atom. The summed E-state index contributed by atoms with van der Waals surface area (Å²) < 4.78 is 0. The Morgan fingerprint density at radius 1 is 1.08 bits per heavy atom. The van der Waals surface area contributed by atoms with E-state index in [1.54, 1.807) is 0 Å². The van der Waals surface area contributed by atoms with Gasteiger partial charge in [0.2, 0.25) is 0 Å². The summed E-state index contributed by atoms with van der Waals surface area (Å²) >= 11 is 0. The first-order valence-corrected chi connectivity index (χ1v) is 9.81. The molecule has 2 heterocycles. The van der Waals surface area contributed by atoms with Gasteiger partial charge in [-0.25, -0.2) is 0 Å². The third kappa shape index (κ3) is 2.69. The number of allylic oxidation sites excluding steroid dienone is 8. The van der Waals surface area contributed by atoms with Gasteiger partial charge >= 0.3 is 0 Å². The van der Waals surface area contributed by atoms with E-state index in [9.17, 15) is 0 Å². The van der Waals surface area contributed by atoms with Gasteiger partial charge in [0.1, 0.15) is 6.67 Å². The number of hydrazine groups is 1. The summed E-state index contributed by atoms with van der Waals surface area (Å²) in [6, 6.07) is 9.54. The molecule has 4 unspecified atom stereocenters. The van der Waals surface area contributed by atoms with Crippen LogP contribution in [0.3, 0.4) is 0 Å². The summed E-state index contributed by atoms with van der Waals surface area (Å²) in [5, 5.41) is 4.90. The molecule has 0 saturated carbocycles. The SMILES string of the molecule is CC1C=CC=C(c2cccc(C3C=C(C4=CC=CCC4C)N4CN34)c2)C1. The average Bonchev–Trinajstić information content (AvgIpc) is 3.36. The van der Waals surface area contributed by atoms with Crippen molar-refractivity contribution in [1.82, 2.24) is 10.0 Å². The normalized spacial score (nSPS) is 32.1. The minimum Gasteiger partial charge on any atom is -0.287 e. The molecule has 1 fully saturated rings. The van der Waals surface area contributed by atoms with Crippen molar-refractivity contribution in [2.75, 3.05) is 6.67 Å². The van der Waals surface area contributed by atoms with Crippen LogP contribution in [0.2, 0.25) is 0 Å². The van der Waals surface area contributed by atoms with Gasteiger partial charge in [-0.15, -0.1) is 0 Å². The molecule has 2 aliphatic carbocycles. The predicted molar refractivity (Wildman–Crippen MR) is 108 cm³/mol. The fourth-order valence-electron chi connectivity index (χ4n) is 4.46. The molecule has 0 spiro atoms. The van der Waals surface area contributed by atoms with Crippen molar-refractivity contribution < 1.29 is 0 Å². The lowest BCUT2D eigenvalue weighted by atomic mass is 9.88. The molecule has 0 radical (unpaired) electrons. The molecule has 1 aromatic carbocycles. The van der Waals surface area contributed by atoms with E-state index in [4.69, 9.17) is 0 Å². The molecule has 0 amide bonds. The lowest BCUT2D eigenvalue weighted by Crippen LogP contribution is -2.09. The highest BCUT2D eigenvalue weighted by atomic mass is 15.8. The molecule has 0 aromatic heterocycles. The Morgan fingerprint density at radius 2 is 2.00 bits per heavy atom. The summed E-state index contributed by atoms with van der Waals surface area (Å²) in [4.78, 5) is 0. The van der Waals surface area contributed by atoms with E-state index in [2.05, 4.69) is 90.7 Å². The second kappa shape index (κ2) is 6.14. The molecular formula is C24H26N2. The number of benzene rings is 1. The molecule has 132 valence electrons. The first-order valence-electron chi connectivity index (χ1n) is 9.81. The molecule has 26 heavy (non-hydrogen) atoms. The number of rotatable bonds is 3. The molecule has 2 nitrogen and oxygen atoms in total. The highest BCUT2D eigenvalue weighted by Gasteiger charge is 2.46. The molecule has 2 aliphatic heterocycles. The van der Waals surface area contributed by atoms with Crippen LogP contribution in [0.25, 0.3) is 5.57 Å². The second-order valence-electron chi connectivity index (χ2n) is 8.05. The van der Waals surface area contributed by atoms with Gasteiger partial charge in [-0.3, -0.25) is 5.01 Å². The van der Waals surface area contributed by atoms with Crippen molar-refractivity contribution in [3.05, 3.63) is 89.2 Å². The molecule has 1 aromatic rings. The summed E-state index contributed by atoms with van der Waals surface area (Å²) in [6.07, 6.45) is 18.3. The van der Waals surface area contributed by atoms with E-state index in [0.29, 0.717) is 17.9 Å². The van der Waals surface area contributed by atoms with Crippen LogP contribution >= 0.6 is 0 Å². The van der Waals surface area contributed by atoms with Crippen molar-refractivity contribution in [1.29, 1.82) is 0 Å². The molecule has 2 heteroatoms. The molecule has 5 rings (SSSR count). The van der Waals surface area contributed by atoms with Crippen molar-refractivity contribution in [3.8, 4) is 0 Å². The zero-order chi connectivity index (χ0) is 17.7. The molecule has 4 aliphatic rings. The Balaban J connectivity index is 1.45. The van der Waals surface area contributed by atoms with Crippen molar-refractivity contribution in [2.45, 2.75) is 32.7 Å². The molecule has 1 saturated heterocycles. The Kier molecular flexibility index (Phi) is 3.75. The van der Waals surface area contributed by atoms with Crippen LogP contribution in [0, 0.1) is 11.8 Å². The number of nitrogens with zero attached hydrogens (tertiary/aromatic N) is 2. The standard InChI is InChI=1S/C24H26N2/c1-17-7-5-9-19(13-17)20-10-6-11-21(14-20)23-15-24(26-16-25(23)26)22-12-4-3-8-18(22)2/h3-7,9-12,14-15,17-18,23H,8,13,16H2,1-2H3. The Bertz CT molecular complexity index is 883. The summed E-state index contributed by atoms with van der Waals surface area (Å²) in [5.74, 6) is 1.24. The van der Waals surface area contributed by atoms with E-state index in [-0.39, 0.29) is 0 Å². The van der Waals surface area contributed by atoms with Crippen molar-refractivity contribution in [2.24, 2.45) is 11.8 Å². The van der Waals surface area contributed by atoms with Gasteiger partial charge in [0.25, 0.3) is 0 Å². The molecule has 0 bridgehead atoms. The van der Waals surface area contributed by atoms with E-state index >= 15 is 0 Å². The van der Waals surface area contributed by atoms with Crippen molar-refractivity contribution in [3.63, 3.8) is 0 Å². The first-order chi connectivity index (χ1) is 12.7. The quantitative estimate of drug-likeness (QED) is 0.658. The maximum Gasteiger partial charge on any atom is 0.106 e.